The van der Waals surface area contributed by atoms with Gasteiger partial charge in [0.05, 0.1) is 17.4 Å². The van der Waals surface area contributed by atoms with E-state index in [4.69, 9.17) is 0 Å². The summed E-state index contributed by atoms with van der Waals surface area (Å²) < 4.78 is 2.03. The van der Waals surface area contributed by atoms with E-state index in [1.165, 1.54) is 5.56 Å². The summed E-state index contributed by atoms with van der Waals surface area (Å²) in [5.74, 6) is 0.271. The summed E-state index contributed by atoms with van der Waals surface area (Å²) in [6.45, 7) is 0.765. The molecule has 1 heterocycles. The van der Waals surface area contributed by atoms with Gasteiger partial charge in [-0.15, -0.1) is 0 Å². The summed E-state index contributed by atoms with van der Waals surface area (Å²) in [4.78, 5) is 4.31. The molecule has 3 rings (SSSR count). The first-order valence-electron chi connectivity index (χ1n) is 5.51. The summed E-state index contributed by atoms with van der Waals surface area (Å²) in [6.07, 6.45) is 1.80. The summed E-state index contributed by atoms with van der Waals surface area (Å²) in [5.41, 5.74) is 3.07. The largest absolute Gasteiger partial charge is 0.508 e. The minimum atomic E-state index is 0.271. The van der Waals surface area contributed by atoms with Gasteiger partial charge < -0.3 is 9.67 Å². The van der Waals surface area contributed by atoms with Gasteiger partial charge in [-0.1, -0.05) is 30.3 Å². The number of aromatic hydroxyl groups is 1. The molecule has 0 radical (unpaired) electrons. The molecule has 0 saturated carbocycles. The molecule has 17 heavy (non-hydrogen) atoms. The maximum atomic E-state index is 9.50. The number of benzene rings is 2. The Kier molecular flexibility index (Phi) is 2.29. The summed E-state index contributed by atoms with van der Waals surface area (Å²) in [6, 6.07) is 15.4. The van der Waals surface area contributed by atoms with Crippen molar-refractivity contribution in [1.82, 2.24) is 9.55 Å². The van der Waals surface area contributed by atoms with Crippen molar-refractivity contribution in [1.29, 1.82) is 0 Å². The summed E-state index contributed by atoms with van der Waals surface area (Å²) in [7, 11) is 0. The molecule has 0 atom stereocenters. The van der Waals surface area contributed by atoms with Gasteiger partial charge in [0.15, 0.2) is 0 Å². The Hall–Kier alpha value is -2.29. The highest BCUT2D eigenvalue weighted by molar-refractivity contribution is 5.76. The number of rotatable bonds is 2. The van der Waals surface area contributed by atoms with Gasteiger partial charge in [0.1, 0.15) is 5.75 Å². The lowest BCUT2D eigenvalue weighted by molar-refractivity contribution is 0.476. The molecule has 84 valence electrons. The van der Waals surface area contributed by atoms with E-state index < -0.39 is 0 Å². The molecular formula is C14H12N2O. The molecule has 3 heteroatoms. The quantitative estimate of drug-likeness (QED) is 0.726. The Morgan fingerprint density at radius 1 is 1.06 bits per heavy atom. The molecule has 3 aromatic rings. The van der Waals surface area contributed by atoms with Crippen molar-refractivity contribution in [3.05, 3.63) is 60.4 Å². The van der Waals surface area contributed by atoms with Gasteiger partial charge >= 0.3 is 0 Å². The van der Waals surface area contributed by atoms with E-state index in [-0.39, 0.29) is 5.75 Å². The molecule has 0 bridgehead atoms. The van der Waals surface area contributed by atoms with E-state index >= 15 is 0 Å². The molecular weight excluding hydrogens is 212 g/mol. The number of hydrogen-bond acceptors (Lipinski definition) is 2. The van der Waals surface area contributed by atoms with Crippen LogP contribution in [0, 0.1) is 0 Å². The number of nitrogens with zero attached hydrogens (tertiary/aromatic N) is 2. The molecule has 0 saturated heterocycles. The summed E-state index contributed by atoms with van der Waals surface area (Å²) >= 11 is 0. The van der Waals surface area contributed by atoms with E-state index in [2.05, 4.69) is 17.1 Å². The van der Waals surface area contributed by atoms with Gasteiger partial charge in [-0.3, -0.25) is 0 Å². The zero-order valence-corrected chi connectivity index (χ0v) is 9.24. The van der Waals surface area contributed by atoms with Gasteiger partial charge in [0, 0.05) is 12.6 Å². The SMILES string of the molecule is Oc1ccc2ncn(Cc3ccccc3)c2c1. The molecule has 0 fully saturated rings. The van der Waals surface area contributed by atoms with Crippen LogP contribution in [-0.4, -0.2) is 14.7 Å². The van der Waals surface area contributed by atoms with Crippen LogP contribution < -0.4 is 0 Å². The van der Waals surface area contributed by atoms with Gasteiger partial charge in [0.25, 0.3) is 0 Å². The van der Waals surface area contributed by atoms with Crippen molar-refractivity contribution in [3.63, 3.8) is 0 Å². The van der Waals surface area contributed by atoms with Crippen LogP contribution in [0.3, 0.4) is 0 Å². The third-order valence-corrected chi connectivity index (χ3v) is 2.80. The Bertz CT molecular complexity index is 644. The van der Waals surface area contributed by atoms with E-state index in [0.717, 1.165) is 17.6 Å². The molecule has 0 aliphatic heterocycles. The van der Waals surface area contributed by atoms with Gasteiger partial charge in [-0.2, -0.15) is 0 Å². The van der Waals surface area contributed by atoms with Crippen LogP contribution in [0.5, 0.6) is 5.75 Å². The fraction of sp³-hybridized carbons (Fsp3) is 0.0714. The molecule has 3 nitrogen and oxygen atoms in total. The molecule has 0 aliphatic carbocycles. The smallest absolute Gasteiger partial charge is 0.117 e. The second-order valence-corrected chi connectivity index (χ2v) is 4.03. The number of fused-ring (bicyclic) bond motifs is 1. The van der Waals surface area contributed by atoms with Crippen LogP contribution in [0.25, 0.3) is 11.0 Å². The molecule has 1 N–H and O–H groups in total. The van der Waals surface area contributed by atoms with Crippen molar-refractivity contribution in [2.45, 2.75) is 6.54 Å². The molecule has 2 aromatic carbocycles. The van der Waals surface area contributed by atoms with Crippen LogP contribution in [0.1, 0.15) is 5.56 Å². The number of aromatic nitrogens is 2. The molecule has 1 aromatic heterocycles. The number of phenols is 1. The van der Waals surface area contributed by atoms with Crippen LogP contribution in [-0.2, 0) is 6.54 Å². The standard InChI is InChI=1S/C14H12N2O/c17-12-6-7-13-14(8-12)16(10-15-13)9-11-4-2-1-3-5-11/h1-8,10,17H,9H2. The first-order valence-corrected chi connectivity index (χ1v) is 5.51. The minimum absolute atomic E-state index is 0.271. The Morgan fingerprint density at radius 2 is 1.88 bits per heavy atom. The van der Waals surface area contributed by atoms with Crippen LogP contribution in [0.15, 0.2) is 54.9 Å². The number of imidazole rings is 1. The third-order valence-electron chi connectivity index (χ3n) is 2.80. The average Bonchev–Trinajstić information content (AvgIpc) is 2.73. The monoisotopic (exact) mass is 224 g/mol. The van der Waals surface area contributed by atoms with Crippen molar-refractivity contribution < 1.29 is 5.11 Å². The fourth-order valence-corrected chi connectivity index (χ4v) is 1.95. The van der Waals surface area contributed by atoms with Crippen LogP contribution >= 0.6 is 0 Å². The topological polar surface area (TPSA) is 38.1 Å². The maximum Gasteiger partial charge on any atom is 0.117 e. The van der Waals surface area contributed by atoms with Gasteiger partial charge in [-0.05, 0) is 17.7 Å². The first kappa shape index (κ1) is 9.90. The van der Waals surface area contributed by atoms with Crippen molar-refractivity contribution in [3.8, 4) is 5.75 Å². The Balaban J connectivity index is 2.03. The van der Waals surface area contributed by atoms with Gasteiger partial charge in [0.2, 0.25) is 0 Å². The normalized spacial score (nSPS) is 10.8. The zero-order chi connectivity index (χ0) is 11.7. The second kappa shape index (κ2) is 3.94. The van der Waals surface area contributed by atoms with Crippen molar-refractivity contribution >= 4 is 11.0 Å². The number of phenolic OH excluding ortho intramolecular Hbond substituents is 1. The predicted octanol–water partition coefficient (Wildman–Crippen LogP) is 2.79. The van der Waals surface area contributed by atoms with Crippen molar-refractivity contribution in [2.75, 3.05) is 0 Å². The third kappa shape index (κ3) is 1.87. The lowest BCUT2D eigenvalue weighted by Crippen LogP contribution is -1.97. The zero-order valence-electron chi connectivity index (χ0n) is 9.24. The first-order chi connectivity index (χ1) is 8.33. The second-order valence-electron chi connectivity index (χ2n) is 4.03. The Morgan fingerprint density at radius 3 is 2.71 bits per heavy atom. The lowest BCUT2D eigenvalue weighted by atomic mass is 10.2. The van der Waals surface area contributed by atoms with E-state index in [0.29, 0.717) is 0 Å². The maximum absolute atomic E-state index is 9.50. The highest BCUT2D eigenvalue weighted by atomic mass is 16.3. The Labute approximate surface area is 99.0 Å². The number of hydrogen-bond donors (Lipinski definition) is 1. The van der Waals surface area contributed by atoms with E-state index in [1.807, 2.05) is 28.8 Å². The highest BCUT2D eigenvalue weighted by Crippen LogP contribution is 2.19. The molecule has 0 unspecified atom stereocenters. The molecule has 0 amide bonds. The molecule has 0 spiro atoms. The van der Waals surface area contributed by atoms with E-state index in [9.17, 15) is 5.11 Å². The van der Waals surface area contributed by atoms with Crippen LogP contribution in [0.4, 0.5) is 0 Å². The van der Waals surface area contributed by atoms with Crippen molar-refractivity contribution in [2.24, 2.45) is 0 Å². The molecule has 0 aliphatic rings. The predicted molar refractivity (Wildman–Crippen MR) is 66.9 cm³/mol. The summed E-state index contributed by atoms with van der Waals surface area (Å²) in [5, 5.41) is 9.50. The average molecular weight is 224 g/mol. The highest BCUT2D eigenvalue weighted by Gasteiger charge is 2.03. The lowest BCUT2D eigenvalue weighted by Gasteiger charge is -2.04. The fourth-order valence-electron chi connectivity index (χ4n) is 1.95. The van der Waals surface area contributed by atoms with Gasteiger partial charge in [-0.25, -0.2) is 4.98 Å². The van der Waals surface area contributed by atoms with E-state index in [1.54, 1.807) is 18.5 Å². The van der Waals surface area contributed by atoms with Crippen LogP contribution in [0.2, 0.25) is 0 Å². The minimum Gasteiger partial charge on any atom is -0.508 e.